The van der Waals surface area contributed by atoms with E-state index >= 15 is 0 Å². The van der Waals surface area contributed by atoms with Crippen LogP contribution in [0.1, 0.15) is 10.4 Å². The Morgan fingerprint density at radius 2 is 1.64 bits per heavy atom. The van der Waals surface area contributed by atoms with E-state index in [1.807, 2.05) is 0 Å². The van der Waals surface area contributed by atoms with Gasteiger partial charge in [-0.3, -0.25) is 4.79 Å². The number of carbonyl (C=O) groups is 1. The summed E-state index contributed by atoms with van der Waals surface area (Å²) < 4.78 is 9.56. The van der Waals surface area contributed by atoms with Gasteiger partial charge in [-0.05, 0) is 17.9 Å². The zero-order valence-corrected chi connectivity index (χ0v) is 10.4. The summed E-state index contributed by atoms with van der Waals surface area (Å²) in [6.07, 6.45) is 0.629. The molecule has 5 heteroatoms. The van der Waals surface area contributed by atoms with E-state index in [-0.39, 0.29) is 46.8 Å². The van der Waals surface area contributed by atoms with Crippen molar-refractivity contribution in [2.75, 3.05) is 14.2 Å². The first-order chi connectivity index (χ1) is 6.22. The van der Waals surface area contributed by atoms with Gasteiger partial charge >= 0.3 is 29.6 Å². The van der Waals surface area contributed by atoms with E-state index in [0.717, 1.165) is 0 Å². The molecule has 0 aliphatic heterocycles. The molecule has 0 saturated carbocycles. The summed E-state index contributed by atoms with van der Waals surface area (Å²) in [6, 6.07) is 2.75. The number of hydrogen-bond donors (Lipinski definition) is 0. The van der Waals surface area contributed by atoms with Crippen molar-refractivity contribution in [2.45, 2.75) is 0 Å². The monoisotopic (exact) mass is 204 g/mol. The predicted molar refractivity (Wildman–Crippen MR) is 44.4 cm³/mol. The standard InChI is InChI=1S/C9H10O4.Na/c1-12-7-3-6(5-10)4-8(13-2)9(7)11;/h3-5,11H,1-2H3;/q;+1/p-1. The van der Waals surface area contributed by atoms with Crippen LogP contribution in [-0.4, -0.2) is 20.5 Å². The quantitative estimate of drug-likeness (QED) is 0.406. The van der Waals surface area contributed by atoms with Crippen molar-refractivity contribution >= 4 is 6.29 Å². The Hall–Kier alpha value is -0.710. The van der Waals surface area contributed by atoms with Crippen molar-refractivity contribution in [1.82, 2.24) is 0 Å². The Bertz CT molecular complexity index is 300. The number of rotatable bonds is 3. The first kappa shape index (κ1) is 13.3. The molecule has 70 valence electrons. The summed E-state index contributed by atoms with van der Waals surface area (Å²) in [6.45, 7) is 0. The van der Waals surface area contributed by atoms with E-state index in [9.17, 15) is 9.90 Å². The Morgan fingerprint density at radius 1 is 1.21 bits per heavy atom. The van der Waals surface area contributed by atoms with Gasteiger partial charge < -0.3 is 14.6 Å². The first-order valence-electron chi connectivity index (χ1n) is 3.61. The Morgan fingerprint density at radius 3 is 1.93 bits per heavy atom. The molecule has 0 aliphatic rings. The fourth-order valence-corrected chi connectivity index (χ4v) is 0.968. The van der Waals surface area contributed by atoms with E-state index in [2.05, 4.69) is 0 Å². The van der Waals surface area contributed by atoms with Crippen LogP contribution >= 0.6 is 0 Å². The number of benzene rings is 1. The molecule has 0 atom stereocenters. The average molecular weight is 204 g/mol. The fraction of sp³-hybridized carbons (Fsp3) is 0.222. The molecule has 4 nitrogen and oxygen atoms in total. The van der Waals surface area contributed by atoms with Crippen LogP contribution in [0.25, 0.3) is 0 Å². The minimum atomic E-state index is -0.351. The summed E-state index contributed by atoms with van der Waals surface area (Å²) in [5.74, 6) is -0.126. The van der Waals surface area contributed by atoms with Gasteiger partial charge in [0, 0.05) is 5.56 Å². The van der Waals surface area contributed by atoms with Gasteiger partial charge in [-0.1, -0.05) is 0 Å². The third-order valence-electron chi connectivity index (χ3n) is 1.62. The van der Waals surface area contributed by atoms with Crippen LogP contribution in [0.3, 0.4) is 0 Å². The largest absolute Gasteiger partial charge is 1.00 e. The number of methoxy groups -OCH3 is 2. The van der Waals surface area contributed by atoms with Gasteiger partial charge in [0.2, 0.25) is 0 Å². The molecule has 0 N–H and O–H groups in total. The van der Waals surface area contributed by atoms with Crippen molar-refractivity contribution in [3.8, 4) is 17.2 Å². The topological polar surface area (TPSA) is 58.6 Å². The van der Waals surface area contributed by atoms with Crippen molar-refractivity contribution in [3.63, 3.8) is 0 Å². The van der Waals surface area contributed by atoms with Crippen LogP contribution in [-0.2, 0) is 0 Å². The molecular weight excluding hydrogens is 195 g/mol. The number of ether oxygens (including phenoxy) is 2. The van der Waals surface area contributed by atoms with Gasteiger partial charge in [-0.2, -0.15) is 0 Å². The first-order valence-corrected chi connectivity index (χ1v) is 3.61. The predicted octanol–water partition coefficient (Wildman–Crippen LogP) is -2.41. The summed E-state index contributed by atoms with van der Waals surface area (Å²) in [4.78, 5) is 10.4. The van der Waals surface area contributed by atoms with Crippen LogP contribution < -0.4 is 44.1 Å². The molecule has 1 rings (SSSR count). The minimum Gasteiger partial charge on any atom is -0.867 e. The molecule has 0 amide bonds. The molecule has 0 spiro atoms. The number of carbonyl (C=O) groups excluding carboxylic acids is 1. The second-order valence-corrected chi connectivity index (χ2v) is 2.37. The third-order valence-corrected chi connectivity index (χ3v) is 1.62. The van der Waals surface area contributed by atoms with Gasteiger partial charge in [0.25, 0.3) is 0 Å². The number of aldehydes is 1. The Labute approximate surface area is 104 Å². The molecule has 0 radical (unpaired) electrons. The zero-order valence-electron chi connectivity index (χ0n) is 8.37. The molecule has 14 heavy (non-hydrogen) atoms. The zero-order chi connectivity index (χ0) is 9.84. The van der Waals surface area contributed by atoms with Gasteiger partial charge in [0.05, 0.1) is 14.2 Å². The summed E-state index contributed by atoms with van der Waals surface area (Å²) in [7, 11) is 2.73. The van der Waals surface area contributed by atoms with Crippen molar-refractivity contribution in [3.05, 3.63) is 17.7 Å². The second-order valence-electron chi connectivity index (χ2n) is 2.37. The average Bonchev–Trinajstić information content (AvgIpc) is 2.18. The maximum Gasteiger partial charge on any atom is 1.00 e. The van der Waals surface area contributed by atoms with E-state index in [4.69, 9.17) is 9.47 Å². The van der Waals surface area contributed by atoms with Gasteiger partial charge in [-0.25, -0.2) is 0 Å². The maximum atomic E-state index is 11.3. The minimum absolute atomic E-state index is 0. The van der Waals surface area contributed by atoms with Crippen molar-refractivity contribution in [2.24, 2.45) is 0 Å². The Kier molecular flexibility index (Phi) is 5.60. The molecule has 0 aromatic heterocycles. The maximum absolute atomic E-state index is 11.3. The molecular formula is C9H9NaO4. The fourth-order valence-electron chi connectivity index (χ4n) is 0.968. The van der Waals surface area contributed by atoms with E-state index < -0.39 is 0 Å². The van der Waals surface area contributed by atoms with Crippen LogP contribution in [0.5, 0.6) is 17.2 Å². The molecule has 0 fully saturated rings. The summed E-state index contributed by atoms with van der Waals surface area (Å²) >= 11 is 0. The number of hydrogen-bond acceptors (Lipinski definition) is 4. The summed E-state index contributed by atoms with van der Waals surface area (Å²) in [5, 5.41) is 11.3. The third kappa shape index (κ3) is 2.64. The van der Waals surface area contributed by atoms with Crippen LogP contribution in [0.2, 0.25) is 0 Å². The van der Waals surface area contributed by atoms with Crippen molar-refractivity contribution < 1.29 is 48.9 Å². The van der Waals surface area contributed by atoms with Crippen LogP contribution in [0.15, 0.2) is 12.1 Å². The molecule has 0 bridgehead atoms. The van der Waals surface area contributed by atoms with E-state index in [0.29, 0.717) is 11.8 Å². The molecule has 1 aromatic carbocycles. The van der Waals surface area contributed by atoms with E-state index in [1.165, 1.54) is 26.4 Å². The molecule has 0 saturated heterocycles. The van der Waals surface area contributed by atoms with Crippen molar-refractivity contribution in [1.29, 1.82) is 0 Å². The van der Waals surface area contributed by atoms with Crippen LogP contribution in [0, 0.1) is 0 Å². The molecule has 1 aromatic rings. The Balaban J connectivity index is 0.00000169. The summed E-state index contributed by atoms with van der Waals surface area (Å²) in [5.41, 5.74) is 0.355. The van der Waals surface area contributed by atoms with Crippen LogP contribution in [0.4, 0.5) is 0 Å². The van der Waals surface area contributed by atoms with Gasteiger partial charge in [-0.15, -0.1) is 0 Å². The molecule has 0 unspecified atom stereocenters. The SMILES string of the molecule is COc1cc(C=O)cc(OC)c1[O-].[Na+]. The second kappa shape index (κ2) is 5.90. The smallest absolute Gasteiger partial charge is 0.867 e. The molecule has 0 heterocycles. The van der Waals surface area contributed by atoms with E-state index in [1.54, 1.807) is 0 Å². The van der Waals surface area contributed by atoms with Gasteiger partial charge in [0.15, 0.2) is 0 Å². The van der Waals surface area contributed by atoms with Gasteiger partial charge in [0.1, 0.15) is 17.8 Å². The molecule has 0 aliphatic carbocycles. The normalized spacial score (nSPS) is 8.71.